The molecule has 2 aliphatic carbocycles. The van der Waals surface area contributed by atoms with E-state index >= 15 is 0 Å². The Balaban J connectivity index is 0.000000236. The summed E-state index contributed by atoms with van der Waals surface area (Å²) in [5.74, 6) is 2.31. The Morgan fingerprint density at radius 1 is 0.661 bits per heavy atom. The molecule has 0 spiro atoms. The Hall–Kier alpha value is -2.96. The lowest BCUT2D eigenvalue weighted by Crippen LogP contribution is -2.37. The van der Waals surface area contributed by atoms with Gasteiger partial charge in [-0.1, -0.05) is 100 Å². The average Bonchev–Trinajstić information content (AvgIpc) is 3.92. The molecule has 2 saturated heterocycles. The van der Waals surface area contributed by atoms with E-state index in [0.29, 0.717) is 75.3 Å². The minimum atomic E-state index is -3.17. The Morgan fingerprint density at radius 3 is 1.40 bits per heavy atom. The fraction of sp³-hybridized carbons (Fsp3) is 0.864. The second kappa shape index (κ2) is 23.3. The summed E-state index contributed by atoms with van der Waals surface area (Å²) in [5, 5.41) is 17.6. The summed E-state index contributed by atoms with van der Waals surface area (Å²) in [7, 11) is -6.34. The standard InChI is InChI=1S/C24H41N3O5S.C20H33N3O5S/c1-24(2,3)31-21(28)17-20(12-8-11-18-9-6-5-7-10-18)23-25-22(26-32-23)19-13-15-27(16-14-19)33(4,29)30;1-29(26,27)23-12-10-16(11-13-23)19-21-20(28-22-19)17(14-18(24)25)9-5-8-15-6-3-2-4-7-15/h18-20H,5-17H2,1-4H3;15-17H,2-14H2,1H3,(H,24,25)/t20-;17-/m11/s1. The van der Waals surface area contributed by atoms with Crippen LogP contribution in [0, 0.1) is 11.8 Å². The smallest absolute Gasteiger partial charge is 0.307 e. The van der Waals surface area contributed by atoms with Crippen molar-refractivity contribution in [2.24, 2.45) is 11.8 Å². The number of carbonyl (C=O) groups excluding carboxylic acids is 1. The van der Waals surface area contributed by atoms with E-state index in [1.807, 2.05) is 20.8 Å². The number of esters is 1. The largest absolute Gasteiger partial charge is 0.481 e. The predicted octanol–water partition coefficient (Wildman–Crippen LogP) is 8.29. The Kier molecular flexibility index (Phi) is 18.8. The number of piperidine rings is 2. The van der Waals surface area contributed by atoms with Gasteiger partial charge < -0.3 is 18.9 Å². The van der Waals surface area contributed by atoms with Crippen LogP contribution in [0.25, 0.3) is 0 Å². The number of aliphatic carboxylic acids is 1. The fourth-order valence-electron chi connectivity index (χ4n) is 9.73. The zero-order valence-electron chi connectivity index (χ0n) is 38.0. The first kappa shape index (κ1) is 50.0. The normalized spacial score (nSPS) is 20.9. The third-order valence-electron chi connectivity index (χ3n) is 13.2. The van der Waals surface area contributed by atoms with Crippen molar-refractivity contribution in [2.75, 3.05) is 38.7 Å². The van der Waals surface area contributed by atoms with Crippen molar-refractivity contribution in [3.63, 3.8) is 0 Å². The first-order chi connectivity index (χ1) is 29.3. The van der Waals surface area contributed by atoms with E-state index in [1.54, 1.807) is 0 Å². The van der Waals surface area contributed by atoms with Crippen molar-refractivity contribution >= 4 is 32.0 Å². The number of carboxylic acids is 1. The first-order valence-corrected chi connectivity index (χ1v) is 27.0. The van der Waals surface area contributed by atoms with Gasteiger partial charge in [-0.15, -0.1) is 0 Å². The molecule has 1 N–H and O–H groups in total. The lowest BCUT2D eigenvalue weighted by molar-refractivity contribution is -0.155. The van der Waals surface area contributed by atoms with Crippen molar-refractivity contribution in [1.82, 2.24) is 28.9 Å². The van der Waals surface area contributed by atoms with E-state index in [0.717, 1.165) is 43.9 Å². The molecule has 0 unspecified atom stereocenters. The van der Waals surface area contributed by atoms with Crippen LogP contribution in [0.3, 0.4) is 0 Å². The van der Waals surface area contributed by atoms with Crippen LogP contribution < -0.4 is 0 Å². The van der Waals surface area contributed by atoms with E-state index in [4.69, 9.17) is 13.8 Å². The number of rotatable bonds is 18. The summed E-state index contributed by atoms with van der Waals surface area (Å²) in [6.45, 7) is 7.46. The molecule has 6 rings (SSSR count). The third kappa shape index (κ3) is 16.5. The molecule has 4 fully saturated rings. The van der Waals surface area contributed by atoms with Gasteiger partial charge in [0.15, 0.2) is 11.6 Å². The summed E-state index contributed by atoms with van der Waals surface area (Å²) in [6, 6.07) is 0. The molecule has 2 aliphatic heterocycles. The summed E-state index contributed by atoms with van der Waals surface area (Å²) in [4.78, 5) is 33.1. The minimum Gasteiger partial charge on any atom is -0.481 e. The van der Waals surface area contributed by atoms with Crippen LogP contribution in [0.5, 0.6) is 0 Å². The molecule has 2 aromatic heterocycles. The van der Waals surface area contributed by atoms with Crippen LogP contribution in [-0.2, 0) is 34.4 Å². The van der Waals surface area contributed by atoms with Gasteiger partial charge in [0, 0.05) is 49.9 Å². The highest BCUT2D eigenvalue weighted by Gasteiger charge is 2.33. The van der Waals surface area contributed by atoms with Gasteiger partial charge >= 0.3 is 11.9 Å². The van der Waals surface area contributed by atoms with Crippen molar-refractivity contribution in [1.29, 1.82) is 0 Å². The molecule has 0 radical (unpaired) electrons. The predicted molar refractivity (Wildman–Crippen MR) is 234 cm³/mol. The highest BCUT2D eigenvalue weighted by atomic mass is 32.2. The number of hydrogen-bond acceptors (Lipinski definition) is 13. The molecular formula is C44H74N6O10S2. The molecular weight excluding hydrogens is 837 g/mol. The van der Waals surface area contributed by atoms with Gasteiger partial charge in [0.2, 0.25) is 31.8 Å². The maximum Gasteiger partial charge on any atom is 0.307 e. The summed E-state index contributed by atoms with van der Waals surface area (Å²) >= 11 is 0. The number of sulfonamides is 2. The van der Waals surface area contributed by atoms with Gasteiger partial charge in [-0.05, 0) is 71.1 Å². The van der Waals surface area contributed by atoms with Crippen molar-refractivity contribution < 1.29 is 45.3 Å². The van der Waals surface area contributed by atoms with E-state index in [2.05, 4.69) is 20.3 Å². The lowest BCUT2D eigenvalue weighted by Gasteiger charge is -2.28. The van der Waals surface area contributed by atoms with E-state index < -0.39 is 31.6 Å². The maximum atomic E-state index is 12.6. The topological polar surface area (TPSA) is 216 Å². The average molecular weight is 911 g/mol. The quantitative estimate of drug-likeness (QED) is 0.139. The van der Waals surface area contributed by atoms with Crippen LogP contribution in [0.4, 0.5) is 0 Å². The maximum absolute atomic E-state index is 12.6. The summed E-state index contributed by atoms with van der Waals surface area (Å²) in [6.07, 6.45) is 24.4. The molecule has 4 aliphatic rings. The van der Waals surface area contributed by atoms with Gasteiger partial charge in [0.25, 0.3) is 0 Å². The Morgan fingerprint density at radius 2 is 1.05 bits per heavy atom. The Labute approximate surface area is 370 Å². The number of ether oxygens (including phenoxy) is 1. The van der Waals surface area contributed by atoms with Crippen LogP contribution >= 0.6 is 0 Å². The molecule has 2 aromatic rings. The summed E-state index contributed by atoms with van der Waals surface area (Å²) in [5.41, 5.74) is -0.530. The van der Waals surface area contributed by atoms with E-state index in [1.165, 1.54) is 91.8 Å². The lowest BCUT2D eigenvalue weighted by atomic mass is 9.84. The number of nitrogens with zero attached hydrogens (tertiary/aromatic N) is 6. The van der Waals surface area contributed by atoms with Crippen molar-refractivity contribution in [2.45, 2.75) is 191 Å². The van der Waals surface area contributed by atoms with Crippen LogP contribution in [0.1, 0.15) is 209 Å². The molecule has 2 saturated carbocycles. The molecule has 0 amide bonds. The molecule has 2 atom stereocenters. The molecule has 4 heterocycles. The van der Waals surface area contributed by atoms with Crippen LogP contribution in [0.2, 0.25) is 0 Å². The highest BCUT2D eigenvalue weighted by molar-refractivity contribution is 7.88. The summed E-state index contributed by atoms with van der Waals surface area (Å²) < 4.78 is 66.5. The highest BCUT2D eigenvalue weighted by Crippen LogP contribution is 2.35. The van der Waals surface area contributed by atoms with E-state index in [9.17, 15) is 31.5 Å². The van der Waals surface area contributed by atoms with Gasteiger partial charge in [-0.3, -0.25) is 9.59 Å². The number of carbonyl (C=O) groups is 2. The molecule has 0 bridgehead atoms. The van der Waals surface area contributed by atoms with Gasteiger partial charge in [-0.2, -0.15) is 9.97 Å². The molecule has 352 valence electrons. The SMILES string of the molecule is CC(C)(C)OC(=O)C[C@@H](CCCC1CCCCC1)c1nc(C2CCN(S(C)(=O)=O)CC2)no1.CS(=O)(=O)N1CCC(c2noc([C@H](CCCC3CCCCC3)CC(=O)O)n2)CC1. The number of hydrogen-bond donors (Lipinski definition) is 1. The van der Waals surface area contributed by atoms with Crippen molar-refractivity contribution in [3.05, 3.63) is 23.4 Å². The van der Waals surface area contributed by atoms with Gasteiger partial charge in [0.1, 0.15) is 5.60 Å². The second-order valence-electron chi connectivity index (χ2n) is 19.5. The number of aromatic nitrogens is 4. The third-order valence-corrected chi connectivity index (χ3v) is 15.8. The van der Waals surface area contributed by atoms with Gasteiger partial charge in [-0.25, -0.2) is 25.4 Å². The van der Waals surface area contributed by atoms with Crippen LogP contribution in [0.15, 0.2) is 9.05 Å². The molecule has 62 heavy (non-hydrogen) atoms. The zero-order valence-corrected chi connectivity index (χ0v) is 39.6. The van der Waals surface area contributed by atoms with Crippen molar-refractivity contribution in [3.8, 4) is 0 Å². The monoisotopic (exact) mass is 910 g/mol. The number of carboxylic acid groups (broad SMARTS) is 1. The molecule has 16 nitrogen and oxygen atoms in total. The second-order valence-corrected chi connectivity index (χ2v) is 23.5. The fourth-order valence-corrected chi connectivity index (χ4v) is 11.5. The van der Waals surface area contributed by atoms with E-state index in [-0.39, 0.29) is 42.5 Å². The molecule has 0 aromatic carbocycles. The molecule has 18 heteroatoms. The zero-order chi connectivity index (χ0) is 44.9. The Bertz CT molecular complexity index is 1900. The first-order valence-electron chi connectivity index (χ1n) is 23.3. The van der Waals surface area contributed by atoms with Crippen LogP contribution in [-0.4, -0.2) is 107 Å². The minimum absolute atomic E-state index is 0.00117. The van der Waals surface area contributed by atoms with Gasteiger partial charge in [0.05, 0.1) is 25.4 Å².